The molecular formula is C15H27N3. The summed E-state index contributed by atoms with van der Waals surface area (Å²) in [5.41, 5.74) is 8.60. The van der Waals surface area contributed by atoms with Gasteiger partial charge in [0.15, 0.2) is 0 Å². The Bertz CT molecular complexity index is 304. The Balaban J connectivity index is 0.000000873. The van der Waals surface area contributed by atoms with Gasteiger partial charge in [0.25, 0.3) is 0 Å². The first kappa shape index (κ1) is 16.6. The predicted octanol–water partition coefficient (Wildman–Crippen LogP) is 4.02. The molecule has 0 saturated carbocycles. The lowest BCUT2D eigenvalue weighted by atomic mass is 10.2. The molecule has 0 aliphatic rings. The van der Waals surface area contributed by atoms with Crippen LogP contribution in [0.4, 0.5) is 5.69 Å². The van der Waals surface area contributed by atoms with Crippen LogP contribution in [0, 0.1) is 0 Å². The smallest absolute Gasteiger partial charge is 0.0635 e. The van der Waals surface area contributed by atoms with Crippen LogP contribution in [0.15, 0.2) is 29.3 Å². The summed E-state index contributed by atoms with van der Waals surface area (Å²) in [5, 5.41) is 0. The molecule has 0 amide bonds. The van der Waals surface area contributed by atoms with Crippen molar-refractivity contribution in [3.05, 3.63) is 29.8 Å². The maximum absolute atomic E-state index is 4.19. The number of hydrazine groups is 1. The number of benzene rings is 1. The second-order valence-electron chi connectivity index (χ2n) is 4.05. The van der Waals surface area contributed by atoms with Gasteiger partial charge < -0.3 is 5.43 Å². The summed E-state index contributed by atoms with van der Waals surface area (Å²) in [4.78, 5) is 4.19. The summed E-state index contributed by atoms with van der Waals surface area (Å²) in [6.45, 7) is 10.1. The van der Waals surface area contributed by atoms with Crippen molar-refractivity contribution < 1.29 is 0 Å². The van der Waals surface area contributed by atoms with Gasteiger partial charge in [0, 0.05) is 12.2 Å². The molecule has 0 heterocycles. The van der Waals surface area contributed by atoms with Crippen LogP contribution in [0.3, 0.4) is 0 Å². The predicted molar refractivity (Wildman–Crippen MR) is 82.2 cm³/mol. The quantitative estimate of drug-likeness (QED) is 0.454. The summed E-state index contributed by atoms with van der Waals surface area (Å²) in [6, 6.07) is 8.29. The number of aliphatic imine (C=N–C) groups is 1. The van der Waals surface area contributed by atoms with E-state index in [0.29, 0.717) is 0 Å². The van der Waals surface area contributed by atoms with Gasteiger partial charge in [-0.05, 0) is 37.3 Å². The first-order valence-electron chi connectivity index (χ1n) is 6.80. The molecule has 0 spiro atoms. The molecule has 0 aromatic heterocycles. The molecule has 1 aromatic rings. The fourth-order valence-electron chi connectivity index (χ4n) is 1.18. The molecule has 0 fully saturated rings. The van der Waals surface area contributed by atoms with Crippen LogP contribution in [0.2, 0.25) is 0 Å². The molecule has 1 rings (SSSR count). The molecule has 0 saturated heterocycles. The van der Waals surface area contributed by atoms with E-state index in [1.54, 1.807) is 0 Å². The fourth-order valence-corrected chi connectivity index (χ4v) is 1.18. The summed E-state index contributed by atoms with van der Waals surface area (Å²) in [5.74, 6) is 0. The molecule has 0 atom stereocenters. The van der Waals surface area contributed by atoms with Crippen molar-refractivity contribution in [2.75, 3.05) is 12.0 Å². The largest absolute Gasteiger partial charge is 0.322 e. The Morgan fingerprint density at radius 1 is 1.11 bits per heavy atom. The van der Waals surface area contributed by atoms with E-state index >= 15 is 0 Å². The molecule has 3 heteroatoms. The first-order valence-corrected chi connectivity index (χ1v) is 6.80. The molecular weight excluding hydrogens is 222 g/mol. The highest BCUT2D eigenvalue weighted by molar-refractivity contribution is 5.53. The Morgan fingerprint density at radius 3 is 2.22 bits per heavy atom. The topological polar surface area (TPSA) is 36.4 Å². The summed E-state index contributed by atoms with van der Waals surface area (Å²) >= 11 is 0. The Labute approximate surface area is 112 Å². The minimum absolute atomic E-state index is 0.763. The van der Waals surface area contributed by atoms with E-state index in [9.17, 15) is 0 Å². The molecule has 0 aliphatic carbocycles. The highest BCUT2D eigenvalue weighted by Crippen LogP contribution is 2.09. The van der Waals surface area contributed by atoms with Crippen molar-refractivity contribution in [2.24, 2.45) is 4.99 Å². The normalized spacial score (nSPS) is 10.0. The lowest BCUT2D eigenvalue weighted by molar-refractivity contribution is 0.761. The standard InChI is InChI=1S/C12H19N3.C3H8/c1-3-9-14-15-12-7-5-11(6-8-12)10-13-4-2;1-3-2/h4-8,14-15H,3,9-10H2,1-2H3;3H2,1-2H3. The summed E-state index contributed by atoms with van der Waals surface area (Å²) in [7, 11) is 0. The fraction of sp³-hybridized carbons (Fsp3) is 0.533. The van der Waals surface area contributed by atoms with Crippen molar-refractivity contribution in [3.8, 4) is 0 Å². The maximum atomic E-state index is 4.19. The van der Waals surface area contributed by atoms with Crippen LogP contribution >= 0.6 is 0 Å². The van der Waals surface area contributed by atoms with E-state index in [1.165, 1.54) is 12.0 Å². The lowest BCUT2D eigenvalue weighted by Gasteiger charge is -2.07. The first-order chi connectivity index (χ1) is 8.78. The van der Waals surface area contributed by atoms with Crippen LogP contribution in [0.25, 0.3) is 0 Å². The van der Waals surface area contributed by atoms with Gasteiger partial charge in [0.1, 0.15) is 0 Å². The second kappa shape index (κ2) is 12.1. The number of anilines is 1. The Morgan fingerprint density at radius 2 is 1.72 bits per heavy atom. The van der Waals surface area contributed by atoms with Gasteiger partial charge >= 0.3 is 0 Å². The second-order valence-corrected chi connectivity index (χ2v) is 4.05. The minimum Gasteiger partial charge on any atom is -0.322 e. The zero-order chi connectivity index (χ0) is 13.6. The molecule has 0 aliphatic heterocycles. The third kappa shape index (κ3) is 8.76. The lowest BCUT2D eigenvalue weighted by Crippen LogP contribution is -2.21. The van der Waals surface area contributed by atoms with Gasteiger partial charge in [0.2, 0.25) is 0 Å². The zero-order valence-corrected chi connectivity index (χ0v) is 12.2. The number of rotatable bonds is 6. The number of nitrogens with one attached hydrogen (secondary N) is 2. The van der Waals surface area contributed by atoms with Gasteiger partial charge in [-0.1, -0.05) is 39.3 Å². The van der Waals surface area contributed by atoms with Crippen LogP contribution in [-0.4, -0.2) is 12.8 Å². The number of nitrogens with zero attached hydrogens (tertiary/aromatic N) is 1. The summed E-state index contributed by atoms with van der Waals surface area (Å²) < 4.78 is 0. The Kier molecular flexibility index (Phi) is 11.2. The Hall–Kier alpha value is -1.35. The van der Waals surface area contributed by atoms with E-state index in [0.717, 1.165) is 25.2 Å². The van der Waals surface area contributed by atoms with Gasteiger partial charge in [-0.15, -0.1) is 0 Å². The van der Waals surface area contributed by atoms with Crippen molar-refractivity contribution in [2.45, 2.75) is 47.1 Å². The van der Waals surface area contributed by atoms with Gasteiger partial charge in [-0.25, -0.2) is 5.43 Å². The monoisotopic (exact) mass is 249 g/mol. The third-order valence-corrected chi connectivity index (χ3v) is 2.02. The highest BCUT2D eigenvalue weighted by atomic mass is 15.3. The third-order valence-electron chi connectivity index (χ3n) is 2.02. The van der Waals surface area contributed by atoms with Crippen LogP contribution in [0.1, 0.15) is 46.1 Å². The molecule has 0 radical (unpaired) electrons. The van der Waals surface area contributed by atoms with Crippen LogP contribution in [0.5, 0.6) is 0 Å². The minimum atomic E-state index is 0.763. The van der Waals surface area contributed by atoms with Crippen molar-refractivity contribution in [1.29, 1.82) is 0 Å². The van der Waals surface area contributed by atoms with Gasteiger partial charge in [-0.3, -0.25) is 4.99 Å². The van der Waals surface area contributed by atoms with Crippen LogP contribution in [-0.2, 0) is 6.54 Å². The molecule has 1 aromatic carbocycles. The SMILES string of the molecule is CC=NCc1ccc(NNCCC)cc1.CCC. The van der Waals surface area contributed by atoms with E-state index in [4.69, 9.17) is 0 Å². The van der Waals surface area contributed by atoms with E-state index in [-0.39, 0.29) is 0 Å². The van der Waals surface area contributed by atoms with Gasteiger partial charge in [-0.2, -0.15) is 0 Å². The number of hydrogen-bond donors (Lipinski definition) is 2. The molecule has 0 bridgehead atoms. The summed E-state index contributed by atoms with van der Waals surface area (Å²) in [6.07, 6.45) is 4.20. The van der Waals surface area contributed by atoms with Crippen molar-refractivity contribution >= 4 is 11.9 Å². The van der Waals surface area contributed by atoms with Crippen molar-refractivity contribution in [3.63, 3.8) is 0 Å². The average molecular weight is 249 g/mol. The molecule has 18 heavy (non-hydrogen) atoms. The molecule has 0 unspecified atom stereocenters. The highest BCUT2D eigenvalue weighted by Gasteiger charge is 1.92. The molecule has 2 N–H and O–H groups in total. The van der Waals surface area contributed by atoms with Crippen LogP contribution < -0.4 is 10.9 Å². The maximum Gasteiger partial charge on any atom is 0.0635 e. The zero-order valence-electron chi connectivity index (χ0n) is 12.2. The van der Waals surface area contributed by atoms with E-state index < -0.39 is 0 Å². The average Bonchev–Trinajstić information content (AvgIpc) is 2.39. The molecule has 3 nitrogen and oxygen atoms in total. The van der Waals surface area contributed by atoms with E-state index in [2.05, 4.69) is 60.9 Å². The number of hydrogen-bond acceptors (Lipinski definition) is 3. The van der Waals surface area contributed by atoms with Crippen molar-refractivity contribution in [1.82, 2.24) is 5.43 Å². The molecule has 102 valence electrons. The van der Waals surface area contributed by atoms with Gasteiger partial charge in [0.05, 0.1) is 6.54 Å². The van der Waals surface area contributed by atoms with E-state index in [1.807, 2.05) is 13.1 Å².